The highest BCUT2D eigenvalue weighted by molar-refractivity contribution is 7.95. The average Bonchev–Trinajstić information content (AvgIpc) is 2.79. The third-order valence-electron chi connectivity index (χ3n) is 4.87. The lowest BCUT2D eigenvalue weighted by molar-refractivity contribution is 0.463. The van der Waals surface area contributed by atoms with Crippen LogP contribution in [0, 0.1) is 26.0 Å². The van der Waals surface area contributed by atoms with Crippen LogP contribution in [0.4, 0.5) is 11.4 Å². The van der Waals surface area contributed by atoms with Crippen LogP contribution in [0.3, 0.4) is 0 Å². The maximum absolute atomic E-state index is 13.6. The van der Waals surface area contributed by atoms with E-state index >= 15 is 0 Å². The molecule has 4 rings (SSSR count). The van der Waals surface area contributed by atoms with Crippen LogP contribution in [0.5, 0.6) is 11.5 Å². The summed E-state index contributed by atoms with van der Waals surface area (Å²) in [5.41, 5.74) is 2.24. The van der Waals surface area contributed by atoms with Gasteiger partial charge in [-0.1, -0.05) is 36.4 Å². The number of sulfonamides is 2. The van der Waals surface area contributed by atoms with Crippen molar-refractivity contribution in [2.45, 2.75) is 23.6 Å². The molecule has 0 aromatic heterocycles. The minimum atomic E-state index is -4.43. The standard InChI is InChI=1S/C26H22N2O5S2/c1-19-9-6-11-21(17-19)27-34(29,30)25-16-8-15-24(33-23-13-4-3-5-14-23)26(25)35(31,32)28-22-12-7-10-20(2)18-22/h4-15,17-18,27-28H,1-2H3. The van der Waals surface area contributed by atoms with Gasteiger partial charge >= 0.3 is 0 Å². The zero-order valence-corrected chi connectivity index (χ0v) is 20.6. The Balaban J connectivity index is 1.85. The topological polar surface area (TPSA) is 102 Å². The molecule has 0 saturated carbocycles. The Kier molecular flexibility index (Phi) is 6.81. The fourth-order valence-corrected chi connectivity index (χ4v) is 6.36. The Morgan fingerprint density at radius 3 is 1.86 bits per heavy atom. The molecule has 2 N–H and O–H groups in total. The summed E-state index contributed by atoms with van der Waals surface area (Å²) in [6.45, 7) is 3.63. The van der Waals surface area contributed by atoms with Gasteiger partial charge < -0.3 is 4.74 Å². The summed E-state index contributed by atoms with van der Waals surface area (Å²) in [7, 11) is -8.80. The van der Waals surface area contributed by atoms with E-state index in [-0.39, 0.29) is 11.4 Å². The Morgan fingerprint density at radius 1 is 0.714 bits per heavy atom. The van der Waals surface area contributed by atoms with Gasteiger partial charge in [0, 0.05) is 17.4 Å². The zero-order chi connectivity index (χ0) is 25.1. The second-order valence-corrected chi connectivity index (χ2v) is 11.0. The van der Waals surface area contributed by atoms with Crippen LogP contribution in [0.15, 0.2) is 94.7 Å². The van der Waals surface area contributed by atoms with E-state index in [9.17, 15) is 16.8 Å². The van der Waals surface area contributed by atoms with Crippen LogP contribution in [-0.2, 0) is 20.0 Å². The molecule has 178 valence electrons. The lowest BCUT2D eigenvalue weighted by atomic mass is 10.2. The Labute approximate surface area is 205 Å². The van der Waals surface area contributed by atoms with Crippen molar-refractivity contribution >= 4 is 31.4 Å². The Bertz CT molecular complexity index is 1570. The largest absolute Gasteiger partial charge is 0.456 e. The van der Waals surface area contributed by atoms with E-state index in [4.69, 9.17) is 4.74 Å². The molecule has 0 fully saturated rings. The maximum Gasteiger partial charge on any atom is 0.267 e. The molecule has 9 heteroatoms. The van der Waals surface area contributed by atoms with Gasteiger partial charge in [-0.25, -0.2) is 16.8 Å². The van der Waals surface area contributed by atoms with Gasteiger partial charge in [0.05, 0.1) is 0 Å². The third-order valence-corrected chi connectivity index (χ3v) is 7.81. The molecule has 2 radical (unpaired) electrons. The van der Waals surface area contributed by atoms with Gasteiger partial charge in [0.1, 0.15) is 16.4 Å². The smallest absolute Gasteiger partial charge is 0.267 e. The van der Waals surface area contributed by atoms with E-state index in [1.807, 2.05) is 26.0 Å². The summed E-state index contributed by atoms with van der Waals surface area (Å²) < 4.78 is 64.7. The van der Waals surface area contributed by atoms with Gasteiger partial charge in [0.15, 0.2) is 4.90 Å². The number of hydrogen-bond acceptors (Lipinski definition) is 5. The second kappa shape index (κ2) is 9.81. The van der Waals surface area contributed by atoms with Gasteiger partial charge in [0.2, 0.25) is 0 Å². The number of benzene rings is 4. The first-order chi connectivity index (χ1) is 16.6. The summed E-state index contributed by atoms with van der Waals surface area (Å²) in [5, 5.41) is 0. The second-order valence-electron chi connectivity index (χ2n) is 7.79. The monoisotopic (exact) mass is 506 g/mol. The number of nitrogens with one attached hydrogen (secondary N) is 2. The van der Waals surface area contributed by atoms with Crippen LogP contribution in [0.25, 0.3) is 0 Å². The van der Waals surface area contributed by atoms with Crippen molar-refractivity contribution < 1.29 is 21.6 Å². The van der Waals surface area contributed by atoms with E-state index in [1.165, 1.54) is 12.1 Å². The minimum Gasteiger partial charge on any atom is -0.456 e. The molecule has 0 spiro atoms. The fourth-order valence-electron chi connectivity index (χ4n) is 3.38. The van der Waals surface area contributed by atoms with E-state index < -0.39 is 29.8 Å². The Morgan fingerprint density at radius 2 is 1.29 bits per heavy atom. The summed E-state index contributed by atoms with van der Waals surface area (Å²) in [4.78, 5) is -1.13. The van der Waals surface area contributed by atoms with Crippen LogP contribution >= 0.6 is 0 Å². The summed E-state index contributed by atoms with van der Waals surface area (Å²) >= 11 is 0. The van der Waals surface area contributed by atoms with E-state index in [2.05, 4.69) is 21.6 Å². The minimum absolute atomic E-state index is 0.167. The van der Waals surface area contributed by atoms with Gasteiger partial charge in [-0.2, -0.15) is 0 Å². The Hall–Kier alpha value is -3.82. The maximum atomic E-state index is 13.6. The predicted octanol–water partition coefficient (Wildman–Crippen LogP) is 5.30. The highest BCUT2D eigenvalue weighted by Gasteiger charge is 2.31. The molecule has 0 heterocycles. The van der Waals surface area contributed by atoms with Crippen molar-refractivity contribution in [2.24, 2.45) is 0 Å². The fraction of sp³-hybridized carbons (Fsp3) is 0.0769. The molecule has 0 atom stereocenters. The number of aryl methyl sites for hydroxylation is 2. The average molecular weight is 507 g/mol. The van der Waals surface area contributed by atoms with Crippen molar-refractivity contribution in [2.75, 3.05) is 9.44 Å². The molecule has 0 aliphatic rings. The number of rotatable bonds is 8. The van der Waals surface area contributed by atoms with E-state index in [1.54, 1.807) is 60.7 Å². The van der Waals surface area contributed by atoms with Crippen LogP contribution in [-0.4, -0.2) is 16.8 Å². The van der Waals surface area contributed by atoms with Crippen molar-refractivity contribution in [3.63, 3.8) is 0 Å². The zero-order valence-electron chi connectivity index (χ0n) is 18.9. The molecule has 4 aromatic rings. The SMILES string of the molecule is Cc1cccc(NS(=O)(=O)c2[c]ccc(Oc3cc[c]cc3)c2S(=O)(=O)Nc2cccc(C)c2)c1. The van der Waals surface area contributed by atoms with Crippen molar-refractivity contribution in [1.82, 2.24) is 0 Å². The first-order valence-electron chi connectivity index (χ1n) is 10.5. The first-order valence-corrected chi connectivity index (χ1v) is 13.5. The highest BCUT2D eigenvalue weighted by atomic mass is 32.2. The van der Waals surface area contributed by atoms with Crippen LogP contribution < -0.4 is 14.2 Å². The summed E-state index contributed by atoms with van der Waals surface area (Å²) in [6.07, 6.45) is 0. The molecule has 0 saturated heterocycles. The number of anilines is 2. The molecule has 7 nitrogen and oxygen atoms in total. The lowest BCUT2D eigenvalue weighted by Gasteiger charge is -2.17. The molecule has 0 unspecified atom stereocenters. The molecule has 35 heavy (non-hydrogen) atoms. The van der Waals surface area contributed by atoms with E-state index in [0.29, 0.717) is 11.4 Å². The van der Waals surface area contributed by atoms with Gasteiger partial charge in [-0.3, -0.25) is 9.44 Å². The van der Waals surface area contributed by atoms with Gasteiger partial charge in [0.25, 0.3) is 20.0 Å². The van der Waals surface area contributed by atoms with Crippen LogP contribution in [0.1, 0.15) is 11.1 Å². The van der Waals surface area contributed by atoms with Crippen molar-refractivity contribution in [1.29, 1.82) is 0 Å². The first kappa shape index (κ1) is 24.3. The quantitative estimate of drug-likeness (QED) is 0.338. The summed E-state index contributed by atoms with van der Waals surface area (Å²) in [5.74, 6) is 0.150. The lowest BCUT2D eigenvalue weighted by Crippen LogP contribution is -2.21. The molecular weight excluding hydrogens is 484 g/mol. The molecule has 4 aromatic carbocycles. The predicted molar refractivity (Wildman–Crippen MR) is 135 cm³/mol. The third kappa shape index (κ3) is 5.82. The van der Waals surface area contributed by atoms with Gasteiger partial charge in [-0.05, 0) is 79.6 Å². The normalized spacial score (nSPS) is 11.6. The molecule has 0 aliphatic carbocycles. The van der Waals surface area contributed by atoms with Gasteiger partial charge in [-0.15, -0.1) is 0 Å². The molecule has 0 aliphatic heterocycles. The molecular formula is C26H22N2O5S2. The highest BCUT2D eigenvalue weighted by Crippen LogP contribution is 2.35. The van der Waals surface area contributed by atoms with Crippen molar-refractivity contribution in [3.8, 4) is 11.5 Å². The number of hydrogen-bond donors (Lipinski definition) is 2. The summed E-state index contributed by atoms with van der Waals surface area (Å²) in [6, 6.07) is 27.9. The molecule has 0 bridgehead atoms. The van der Waals surface area contributed by atoms with E-state index in [0.717, 1.165) is 11.1 Å². The van der Waals surface area contributed by atoms with Crippen LogP contribution in [0.2, 0.25) is 0 Å². The van der Waals surface area contributed by atoms with Crippen molar-refractivity contribution in [3.05, 3.63) is 108 Å². The number of ether oxygens (including phenoxy) is 1. The molecule has 0 amide bonds.